The summed E-state index contributed by atoms with van der Waals surface area (Å²) in [7, 11) is 0. The highest BCUT2D eigenvalue weighted by atomic mass is 19.1. The Morgan fingerprint density at radius 3 is 2.11 bits per heavy atom. The Labute approximate surface area is 201 Å². The Kier molecular flexibility index (Phi) is 6.82. The summed E-state index contributed by atoms with van der Waals surface area (Å²) in [4.78, 5) is 36.6. The normalized spacial score (nSPS) is 13.0. The smallest absolute Gasteiger partial charge is 0.407 e. The molecule has 1 atom stereocenters. The molecule has 0 aliphatic heterocycles. The standard InChI is InChI=1S/C27H25FN2O5/c1-15(2)24(25(31)29-22-13-7-12-20(23(22)28)26(32)33)30-27(34)35-14-21-18-10-5-3-8-16(18)17-9-4-6-11-19(17)21/h3-13,15,21,24H,14H2,1-2H3,(H,29,31)(H,30,34)(H,32,33). The molecule has 4 rings (SSSR count). The number of alkyl carbamates (subject to hydrolysis) is 1. The Morgan fingerprint density at radius 1 is 0.943 bits per heavy atom. The van der Waals surface area contributed by atoms with E-state index in [1.165, 1.54) is 12.1 Å². The van der Waals surface area contributed by atoms with Gasteiger partial charge in [0.15, 0.2) is 5.82 Å². The highest BCUT2D eigenvalue weighted by Crippen LogP contribution is 2.44. The minimum Gasteiger partial charge on any atom is -0.478 e. The number of amides is 2. The number of carboxylic acids is 1. The van der Waals surface area contributed by atoms with Gasteiger partial charge in [0.05, 0.1) is 11.3 Å². The SMILES string of the molecule is CC(C)C(NC(=O)OCC1c2ccccc2-c2ccccc21)C(=O)Nc1cccc(C(=O)O)c1F. The van der Waals surface area contributed by atoms with Crippen LogP contribution in [0, 0.1) is 11.7 Å². The summed E-state index contributed by atoms with van der Waals surface area (Å²) < 4.78 is 20.0. The van der Waals surface area contributed by atoms with Gasteiger partial charge in [0.1, 0.15) is 12.6 Å². The van der Waals surface area contributed by atoms with Crippen molar-refractivity contribution in [2.75, 3.05) is 11.9 Å². The predicted molar refractivity (Wildman–Crippen MR) is 129 cm³/mol. The van der Waals surface area contributed by atoms with Crippen molar-refractivity contribution in [2.45, 2.75) is 25.8 Å². The first-order valence-corrected chi connectivity index (χ1v) is 11.2. The Bertz CT molecular complexity index is 1240. The highest BCUT2D eigenvalue weighted by molar-refractivity contribution is 5.98. The molecule has 0 radical (unpaired) electrons. The number of fused-ring (bicyclic) bond motifs is 3. The second-order valence-electron chi connectivity index (χ2n) is 8.65. The second kappa shape index (κ2) is 9.97. The van der Waals surface area contributed by atoms with E-state index < -0.39 is 35.4 Å². The number of carboxylic acid groups (broad SMARTS) is 1. The summed E-state index contributed by atoms with van der Waals surface area (Å²) in [5, 5.41) is 14.0. The fourth-order valence-electron chi connectivity index (χ4n) is 4.31. The summed E-state index contributed by atoms with van der Waals surface area (Å²) in [5.74, 6) is -3.67. The third-order valence-electron chi connectivity index (χ3n) is 6.05. The minimum absolute atomic E-state index is 0.0849. The number of rotatable bonds is 7. The van der Waals surface area contributed by atoms with Gasteiger partial charge in [-0.3, -0.25) is 4.79 Å². The maximum absolute atomic E-state index is 14.4. The minimum atomic E-state index is -1.45. The van der Waals surface area contributed by atoms with E-state index in [-0.39, 0.29) is 24.1 Å². The number of benzene rings is 3. The number of aromatic carboxylic acids is 1. The molecule has 1 unspecified atom stereocenters. The molecule has 0 fully saturated rings. The summed E-state index contributed by atoms with van der Waals surface area (Å²) in [6, 6.07) is 18.5. The van der Waals surface area contributed by atoms with Crippen LogP contribution in [-0.4, -0.2) is 35.7 Å². The fraction of sp³-hybridized carbons (Fsp3) is 0.222. The Hall–Kier alpha value is -4.20. The number of ether oxygens (including phenoxy) is 1. The molecule has 0 aromatic heterocycles. The average Bonchev–Trinajstić information content (AvgIpc) is 3.15. The third kappa shape index (κ3) is 4.87. The maximum atomic E-state index is 14.4. The van der Waals surface area contributed by atoms with E-state index in [1.54, 1.807) is 13.8 Å². The van der Waals surface area contributed by atoms with Crippen LogP contribution in [-0.2, 0) is 9.53 Å². The van der Waals surface area contributed by atoms with E-state index in [1.807, 2.05) is 48.5 Å². The maximum Gasteiger partial charge on any atom is 0.407 e. The molecule has 35 heavy (non-hydrogen) atoms. The largest absolute Gasteiger partial charge is 0.478 e. The van der Waals surface area contributed by atoms with Crippen LogP contribution in [0.4, 0.5) is 14.9 Å². The van der Waals surface area contributed by atoms with Gasteiger partial charge in [-0.05, 0) is 40.3 Å². The van der Waals surface area contributed by atoms with Crippen molar-refractivity contribution in [2.24, 2.45) is 5.92 Å². The molecular formula is C27H25FN2O5. The molecule has 1 aliphatic carbocycles. The lowest BCUT2D eigenvalue weighted by atomic mass is 9.98. The van der Waals surface area contributed by atoms with Crippen molar-refractivity contribution in [3.05, 3.63) is 89.2 Å². The van der Waals surface area contributed by atoms with Crippen LogP contribution < -0.4 is 10.6 Å². The zero-order valence-electron chi connectivity index (χ0n) is 19.2. The van der Waals surface area contributed by atoms with Crippen LogP contribution in [0.25, 0.3) is 11.1 Å². The Morgan fingerprint density at radius 2 is 1.54 bits per heavy atom. The van der Waals surface area contributed by atoms with Gasteiger partial charge in [0, 0.05) is 5.92 Å². The first-order valence-electron chi connectivity index (χ1n) is 11.2. The van der Waals surface area contributed by atoms with Crippen LogP contribution in [0.15, 0.2) is 66.7 Å². The summed E-state index contributed by atoms with van der Waals surface area (Å²) in [6.45, 7) is 3.53. The number of hydrogen-bond acceptors (Lipinski definition) is 4. The van der Waals surface area contributed by atoms with Gasteiger partial charge in [0.2, 0.25) is 5.91 Å². The van der Waals surface area contributed by atoms with Crippen molar-refractivity contribution in [1.82, 2.24) is 5.32 Å². The third-order valence-corrected chi connectivity index (χ3v) is 6.05. The zero-order valence-corrected chi connectivity index (χ0v) is 19.2. The van der Waals surface area contributed by atoms with Crippen molar-refractivity contribution in [1.29, 1.82) is 0 Å². The van der Waals surface area contributed by atoms with Gasteiger partial charge in [0.25, 0.3) is 0 Å². The van der Waals surface area contributed by atoms with E-state index in [9.17, 15) is 18.8 Å². The molecule has 0 saturated carbocycles. The van der Waals surface area contributed by atoms with Gasteiger partial charge in [-0.15, -0.1) is 0 Å². The topological polar surface area (TPSA) is 105 Å². The van der Waals surface area contributed by atoms with Crippen molar-refractivity contribution in [3.63, 3.8) is 0 Å². The molecule has 180 valence electrons. The monoisotopic (exact) mass is 476 g/mol. The van der Waals surface area contributed by atoms with Crippen molar-refractivity contribution in [3.8, 4) is 11.1 Å². The first kappa shape index (κ1) is 23.9. The van der Waals surface area contributed by atoms with Gasteiger partial charge >= 0.3 is 12.1 Å². The van der Waals surface area contributed by atoms with Crippen LogP contribution in [0.5, 0.6) is 0 Å². The molecule has 0 bridgehead atoms. The molecule has 7 nitrogen and oxygen atoms in total. The molecule has 0 heterocycles. The van der Waals surface area contributed by atoms with Crippen LogP contribution in [0.1, 0.15) is 41.3 Å². The molecular weight excluding hydrogens is 451 g/mol. The van der Waals surface area contributed by atoms with Gasteiger partial charge < -0.3 is 20.5 Å². The molecule has 3 N–H and O–H groups in total. The van der Waals surface area contributed by atoms with Crippen molar-refractivity contribution >= 4 is 23.7 Å². The van der Waals surface area contributed by atoms with Crippen LogP contribution >= 0.6 is 0 Å². The van der Waals surface area contributed by atoms with Gasteiger partial charge in [-0.1, -0.05) is 68.4 Å². The molecule has 8 heteroatoms. The summed E-state index contributed by atoms with van der Waals surface area (Å²) in [5.41, 5.74) is 3.48. The molecule has 3 aromatic rings. The number of hydrogen-bond donors (Lipinski definition) is 3. The number of anilines is 1. The van der Waals surface area contributed by atoms with Gasteiger partial charge in [-0.25, -0.2) is 14.0 Å². The first-order chi connectivity index (χ1) is 16.8. The number of carbonyl (C=O) groups is 3. The lowest BCUT2D eigenvalue weighted by molar-refractivity contribution is -0.119. The fourth-order valence-corrected chi connectivity index (χ4v) is 4.31. The van der Waals surface area contributed by atoms with E-state index in [0.29, 0.717) is 0 Å². The zero-order chi connectivity index (χ0) is 25.1. The van der Waals surface area contributed by atoms with E-state index in [4.69, 9.17) is 9.84 Å². The Balaban J connectivity index is 1.44. The number of halogens is 1. The van der Waals surface area contributed by atoms with Crippen LogP contribution in [0.3, 0.4) is 0 Å². The summed E-state index contributed by atoms with van der Waals surface area (Å²) >= 11 is 0. The van der Waals surface area contributed by atoms with Crippen molar-refractivity contribution < 1.29 is 28.6 Å². The molecule has 3 aromatic carbocycles. The van der Waals surface area contributed by atoms with Crippen LogP contribution in [0.2, 0.25) is 0 Å². The second-order valence-corrected chi connectivity index (χ2v) is 8.65. The summed E-state index contributed by atoms with van der Waals surface area (Å²) in [6.07, 6.45) is -0.777. The predicted octanol–water partition coefficient (Wildman–Crippen LogP) is 5.03. The molecule has 0 saturated heterocycles. The lowest BCUT2D eigenvalue weighted by Crippen LogP contribution is -2.47. The van der Waals surface area contributed by atoms with E-state index >= 15 is 0 Å². The highest BCUT2D eigenvalue weighted by Gasteiger charge is 2.30. The molecule has 1 aliphatic rings. The van der Waals surface area contributed by atoms with E-state index in [2.05, 4.69) is 10.6 Å². The lowest BCUT2D eigenvalue weighted by Gasteiger charge is -2.22. The number of nitrogens with one attached hydrogen (secondary N) is 2. The number of carbonyl (C=O) groups excluding carboxylic acids is 2. The molecule has 0 spiro atoms. The van der Waals surface area contributed by atoms with Gasteiger partial charge in [-0.2, -0.15) is 0 Å². The molecule has 2 amide bonds. The average molecular weight is 477 g/mol. The van der Waals surface area contributed by atoms with E-state index in [0.717, 1.165) is 28.3 Å². The quantitative estimate of drug-likeness (QED) is 0.444.